The zero-order chi connectivity index (χ0) is 13.3. The van der Waals surface area contributed by atoms with Gasteiger partial charge in [-0.1, -0.05) is 0 Å². The largest absolute Gasteiger partial charge is 0.352 e. The summed E-state index contributed by atoms with van der Waals surface area (Å²) in [6.45, 7) is 4.82. The maximum absolute atomic E-state index is 13.0. The molecule has 1 amide bonds. The van der Waals surface area contributed by atoms with E-state index >= 15 is 0 Å². The first-order valence-corrected chi connectivity index (χ1v) is 5.98. The molecule has 1 atom stereocenters. The third-order valence-corrected chi connectivity index (χ3v) is 3.29. The van der Waals surface area contributed by atoms with E-state index in [4.69, 9.17) is 5.73 Å². The van der Waals surface area contributed by atoms with Crippen LogP contribution in [0.4, 0.5) is 10.1 Å². The Kier molecular flexibility index (Phi) is 3.26. The van der Waals surface area contributed by atoms with Crippen molar-refractivity contribution in [3.05, 3.63) is 30.1 Å². The van der Waals surface area contributed by atoms with Gasteiger partial charge in [-0.25, -0.2) is 4.39 Å². The molecule has 5 heteroatoms. The zero-order valence-corrected chi connectivity index (χ0v) is 10.6. The Labute approximate surface area is 106 Å². The predicted octanol–water partition coefficient (Wildman–Crippen LogP) is 0.868. The second-order valence-electron chi connectivity index (χ2n) is 5.13. The molecule has 1 aromatic rings. The minimum atomic E-state index is -0.417. The molecule has 0 bridgehead atoms. The topological polar surface area (TPSA) is 58.4 Å². The molecule has 1 saturated heterocycles. The number of halogens is 1. The minimum Gasteiger partial charge on any atom is -0.352 e. The Morgan fingerprint density at radius 3 is 2.61 bits per heavy atom. The number of nitrogens with one attached hydrogen (secondary N) is 1. The van der Waals surface area contributed by atoms with Crippen LogP contribution < -0.4 is 16.0 Å². The van der Waals surface area contributed by atoms with Gasteiger partial charge in [0.15, 0.2) is 0 Å². The first kappa shape index (κ1) is 12.8. The Hall–Kier alpha value is -1.62. The number of piperazine rings is 1. The molecule has 1 fully saturated rings. The number of anilines is 1. The number of amides is 1. The van der Waals surface area contributed by atoms with Crippen LogP contribution in [-0.2, 0) is 4.79 Å². The van der Waals surface area contributed by atoms with Crippen LogP contribution in [0.25, 0.3) is 0 Å². The first-order chi connectivity index (χ1) is 8.45. The van der Waals surface area contributed by atoms with Gasteiger partial charge in [-0.2, -0.15) is 0 Å². The Morgan fingerprint density at radius 2 is 2.06 bits per heavy atom. The SMILES string of the molecule is CC1(C)CNC(=O)C(CN)N1c1ccc(F)cc1. The Balaban J connectivity index is 2.41. The van der Waals surface area contributed by atoms with Gasteiger partial charge in [0.25, 0.3) is 0 Å². The number of carbonyl (C=O) groups excluding carboxylic acids is 1. The normalized spacial score (nSPS) is 22.8. The molecule has 2 rings (SSSR count). The van der Waals surface area contributed by atoms with Crippen LogP contribution in [0.5, 0.6) is 0 Å². The summed E-state index contributed by atoms with van der Waals surface area (Å²) >= 11 is 0. The average Bonchev–Trinajstić information content (AvgIpc) is 2.33. The van der Waals surface area contributed by atoms with Crippen LogP contribution in [0, 0.1) is 5.82 Å². The van der Waals surface area contributed by atoms with E-state index in [1.165, 1.54) is 12.1 Å². The van der Waals surface area contributed by atoms with Crippen LogP contribution in [0.3, 0.4) is 0 Å². The van der Waals surface area contributed by atoms with Gasteiger partial charge in [0.1, 0.15) is 11.9 Å². The van der Waals surface area contributed by atoms with Gasteiger partial charge >= 0.3 is 0 Å². The highest BCUT2D eigenvalue weighted by atomic mass is 19.1. The van der Waals surface area contributed by atoms with Crippen molar-refractivity contribution < 1.29 is 9.18 Å². The number of carbonyl (C=O) groups is 1. The summed E-state index contributed by atoms with van der Waals surface area (Å²) in [5.41, 5.74) is 6.25. The van der Waals surface area contributed by atoms with Gasteiger partial charge in [0.05, 0.1) is 5.54 Å². The van der Waals surface area contributed by atoms with Crippen molar-refractivity contribution in [1.29, 1.82) is 0 Å². The van der Waals surface area contributed by atoms with Crippen LogP contribution in [-0.4, -0.2) is 30.6 Å². The zero-order valence-electron chi connectivity index (χ0n) is 10.6. The number of benzene rings is 1. The lowest BCUT2D eigenvalue weighted by atomic mass is 9.94. The maximum Gasteiger partial charge on any atom is 0.244 e. The molecule has 1 heterocycles. The van der Waals surface area contributed by atoms with Gasteiger partial charge in [-0.3, -0.25) is 4.79 Å². The molecule has 0 saturated carbocycles. The Bertz CT molecular complexity index is 444. The van der Waals surface area contributed by atoms with E-state index in [1.54, 1.807) is 12.1 Å². The predicted molar refractivity (Wildman–Crippen MR) is 68.8 cm³/mol. The molecular formula is C13H18FN3O. The van der Waals surface area contributed by atoms with E-state index in [2.05, 4.69) is 5.32 Å². The summed E-state index contributed by atoms with van der Waals surface area (Å²) in [5, 5.41) is 2.85. The average molecular weight is 251 g/mol. The molecular weight excluding hydrogens is 233 g/mol. The third kappa shape index (κ3) is 2.18. The van der Waals surface area contributed by atoms with E-state index in [0.29, 0.717) is 6.54 Å². The lowest BCUT2D eigenvalue weighted by Gasteiger charge is -2.48. The van der Waals surface area contributed by atoms with Gasteiger partial charge in [-0.15, -0.1) is 0 Å². The third-order valence-electron chi connectivity index (χ3n) is 3.29. The molecule has 0 aromatic heterocycles. The summed E-state index contributed by atoms with van der Waals surface area (Å²) in [6.07, 6.45) is 0. The van der Waals surface area contributed by atoms with E-state index < -0.39 is 6.04 Å². The van der Waals surface area contributed by atoms with Gasteiger partial charge < -0.3 is 16.0 Å². The number of hydrogen-bond donors (Lipinski definition) is 2. The molecule has 0 radical (unpaired) electrons. The van der Waals surface area contributed by atoms with Gasteiger partial charge in [-0.05, 0) is 38.1 Å². The molecule has 0 spiro atoms. The number of rotatable bonds is 2. The highest BCUT2D eigenvalue weighted by molar-refractivity contribution is 5.87. The van der Waals surface area contributed by atoms with Crippen LogP contribution >= 0.6 is 0 Å². The number of nitrogens with zero attached hydrogens (tertiary/aromatic N) is 1. The second kappa shape index (κ2) is 4.57. The minimum absolute atomic E-state index is 0.0823. The van der Waals surface area contributed by atoms with Crippen molar-refractivity contribution in [3.8, 4) is 0 Å². The summed E-state index contributed by atoms with van der Waals surface area (Å²) in [7, 11) is 0. The lowest BCUT2D eigenvalue weighted by Crippen LogP contribution is -2.67. The first-order valence-electron chi connectivity index (χ1n) is 5.98. The lowest BCUT2D eigenvalue weighted by molar-refractivity contribution is -0.124. The standard InChI is InChI=1S/C13H18FN3O/c1-13(2)8-16-12(18)11(7-15)17(13)10-5-3-9(14)4-6-10/h3-6,11H,7-8,15H2,1-2H3,(H,16,18). The second-order valence-corrected chi connectivity index (χ2v) is 5.13. The molecule has 1 aliphatic heterocycles. The molecule has 3 N–H and O–H groups in total. The Morgan fingerprint density at radius 1 is 1.44 bits per heavy atom. The number of nitrogens with two attached hydrogens (primary N) is 1. The smallest absolute Gasteiger partial charge is 0.244 e. The molecule has 1 unspecified atom stereocenters. The summed E-state index contributed by atoms with van der Waals surface area (Å²) in [5.74, 6) is -0.372. The van der Waals surface area contributed by atoms with Crippen molar-refractivity contribution in [1.82, 2.24) is 5.32 Å². The van der Waals surface area contributed by atoms with E-state index in [1.807, 2.05) is 18.7 Å². The highest BCUT2D eigenvalue weighted by Crippen LogP contribution is 2.28. The molecule has 1 aromatic carbocycles. The number of hydrogen-bond acceptors (Lipinski definition) is 3. The molecule has 18 heavy (non-hydrogen) atoms. The summed E-state index contributed by atoms with van der Waals surface area (Å²) in [4.78, 5) is 13.8. The van der Waals surface area contributed by atoms with Crippen molar-refractivity contribution in [2.24, 2.45) is 5.73 Å². The van der Waals surface area contributed by atoms with Crippen molar-refractivity contribution in [2.75, 3.05) is 18.0 Å². The molecule has 4 nitrogen and oxygen atoms in total. The quantitative estimate of drug-likeness (QED) is 0.820. The fraction of sp³-hybridized carbons (Fsp3) is 0.462. The van der Waals surface area contributed by atoms with Crippen LogP contribution in [0.2, 0.25) is 0 Å². The fourth-order valence-corrected chi connectivity index (χ4v) is 2.39. The molecule has 0 aliphatic carbocycles. The highest BCUT2D eigenvalue weighted by Gasteiger charge is 2.40. The van der Waals surface area contributed by atoms with Crippen molar-refractivity contribution in [3.63, 3.8) is 0 Å². The van der Waals surface area contributed by atoms with E-state index in [9.17, 15) is 9.18 Å². The van der Waals surface area contributed by atoms with Crippen LogP contribution in [0.15, 0.2) is 24.3 Å². The summed E-state index contributed by atoms with van der Waals surface area (Å²) < 4.78 is 13.0. The monoisotopic (exact) mass is 251 g/mol. The molecule has 98 valence electrons. The van der Waals surface area contributed by atoms with Gasteiger partial charge in [0.2, 0.25) is 5.91 Å². The van der Waals surface area contributed by atoms with Crippen molar-refractivity contribution >= 4 is 11.6 Å². The van der Waals surface area contributed by atoms with E-state index in [-0.39, 0.29) is 23.8 Å². The van der Waals surface area contributed by atoms with E-state index in [0.717, 1.165) is 5.69 Å². The molecule has 1 aliphatic rings. The van der Waals surface area contributed by atoms with Gasteiger partial charge in [0, 0.05) is 18.8 Å². The van der Waals surface area contributed by atoms with Crippen LogP contribution in [0.1, 0.15) is 13.8 Å². The maximum atomic E-state index is 13.0. The summed E-state index contributed by atoms with van der Waals surface area (Å²) in [6, 6.07) is 5.73. The van der Waals surface area contributed by atoms with Crippen molar-refractivity contribution in [2.45, 2.75) is 25.4 Å². The fourth-order valence-electron chi connectivity index (χ4n) is 2.39.